The Labute approximate surface area is 110 Å². The average Bonchev–Trinajstić information content (AvgIpc) is 2.61. The smallest absolute Gasteiger partial charge is 0.210 e. The molecule has 0 fully saturated rings. The van der Waals surface area contributed by atoms with Gasteiger partial charge in [0.15, 0.2) is 0 Å². The molecule has 1 radical (unpaired) electrons. The van der Waals surface area contributed by atoms with Crippen LogP contribution >= 0.6 is 11.3 Å². The van der Waals surface area contributed by atoms with Gasteiger partial charge in [0.25, 0.3) is 0 Å². The standard InChI is InChI=1S/C14H22BOS/c1-7-15-13(16)11-8-10(14(4,5)6)12(17-11)9(2)3/h8-9H,7H2,1-6H3. The Kier molecular flexibility index (Phi) is 4.59. The monoisotopic (exact) mass is 249 g/mol. The van der Waals surface area contributed by atoms with Gasteiger partial charge in [0.05, 0.1) is 4.88 Å². The Morgan fingerprint density at radius 2 is 2.00 bits per heavy atom. The van der Waals surface area contributed by atoms with Crippen molar-refractivity contribution in [2.45, 2.75) is 59.2 Å². The van der Waals surface area contributed by atoms with Crippen LogP contribution in [-0.2, 0) is 5.41 Å². The normalized spacial score (nSPS) is 11.9. The molecule has 17 heavy (non-hydrogen) atoms. The van der Waals surface area contributed by atoms with E-state index >= 15 is 0 Å². The van der Waals surface area contributed by atoms with E-state index in [0.29, 0.717) is 5.92 Å². The van der Waals surface area contributed by atoms with E-state index < -0.39 is 0 Å². The summed E-state index contributed by atoms with van der Waals surface area (Å²) in [6, 6.07) is 2.09. The third-order valence-corrected chi connectivity index (χ3v) is 4.18. The van der Waals surface area contributed by atoms with Gasteiger partial charge < -0.3 is 4.79 Å². The minimum absolute atomic E-state index is 0.112. The first-order valence-corrected chi connectivity index (χ1v) is 7.10. The minimum Gasteiger partial charge on any atom is -0.306 e. The zero-order valence-electron chi connectivity index (χ0n) is 11.8. The number of carbonyl (C=O) groups is 1. The van der Waals surface area contributed by atoms with Crippen LogP contribution in [0.1, 0.15) is 67.6 Å². The molecule has 1 heterocycles. The lowest BCUT2D eigenvalue weighted by Gasteiger charge is -2.20. The molecule has 0 unspecified atom stereocenters. The summed E-state index contributed by atoms with van der Waals surface area (Å²) in [5.41, 5.74) is 1.61. The fourth-order valence-corrected chi connectivity index (χ4v) is 3.14. The van der Waals surface area contributed by atoms with Crippen molar-refractivity contribution in [3.8, 4) is 0 Å². The molecule has 0 aliphatic heterocycles. The van der Waals surface area contributed by atoms with Gasteiger partial charge in [-0.25, -0.2) is 0 Å². The Bertz CT molecular complexity index is 399. The number of carbonyl (C=O) groups excluding carboxylic acids is 1. The summed E-state index contributed by atoms with van der Waals surface area (Å²) in [4.78, 5) is 14.2. The fraction of sp³-hybridized carbons (Fsp3) is 0.643. The van der Waals surface area contributed by atoms with Gasteiger partial charge >= 0.3 is 0 Å². The predicted octanol–water partition coefficient (Wildman–Crippen LogP) is 4.45. The molecule has 0 saturated carbocycles. The molecule has 0 amide bonds. The lowest BCUT2D eigenvalue weighted by Crippen LogP contribution is -2.13. The molecule has 0 spiro atoms. The van der Waals surface area contributed by atoms with Crippen molar-refractivity contribution >= 4 is 24.3 Å². The molecular weight excluding hydrogens is 227 g/mol. The van der Waals surface area contributed by atoms with Gasteiger partial charge in [-0.05, 0) is 23.0 Å². The van der Waals surface area contributed by atoms with Gasteiger partial charge in [0, 0.05) is 4.88 Å². The summed E-state index contributed by atoms with van der Waals surface area (Å²) in [5, 5.41) is 0. The van der Waals surface area contributed by atoms with E-state index in [1.165, 1.54) is 10.4 Å². The average molecular weight is 249 g/mol. The topological polar surface area (TPSA) is 17.1 Å². The zero-order chi connectivity index (χ0) is 13.2. The second-order valence-electron chi connectivity index (χ2n) is 5.77. The maximum Gasteiger partial charge on any atom is 0.210 e. The number of thiophene rings is 1. The summed E-state index contributed by atoms with van der Waals surface area (Å²) >= 11 is 1.66. The van der Waals surface area contributed by atoms with Crippen LogP contribution in [0.4, 0.5) is 0 Å². The maximum atomic E-state index is 11.9. The van der Waals surface area contributed by atoms with Crippen LogP contribution < -0.4 is 0 Å². The molecule has 0 bridgehead atoms. The van der Waals surface area contributed by atoms with E-state index in [4.69, 9.17) is 0 Å². The van der Waals surface area contributed by atoms with Crippen molar-refractivity contribution in [3.05, 3.63) is 21.4 Å². The first-order chi connectivity index (χ1) is 7.77. The first kappa shape index (κ1) is 14.5. The van der Waals surface area contributed by atoms with E-state index in [0.717, 1.165) is 11.2 Å². The van der Waals surface area contributed by atoms with Gasteiger partial charge in [0.2, 0.25) is 7.28 Å². The Balaban J connectivity index is 3.17. The molecule has 1 aromatic heterocycles. The van der Waals surface area contributed by atoms with E-state index in [-0.39, 0.29) is 11.1 Å². The Morgan fingerprint density at radius 1 is 1.41 bits per heavy atom. The van der Waals surface area contributed by atoms with Gasteiger partial charge in [-0.15, -0.1) is 11.3 Å². The Hall–Kier alpha value is -0.565. The highest BCUT2D eigenvalue weighted by Crippen LogP contribution is 2.37. The van der Waals surface area contributed by atoms with Crippen molar-refractivity contribution in [1.82, 2.24) is 0 Å². The van der Waals surface area contributed by atoms with Gasteiger partial charge in [-0.1, -0.05) is 47.9 Å². The molecule has 3 heteroatoms. The summed E-state index contributed by atoms with van der Waals surface area (Å²) in [6.07, 6.45) is 0.804. The van der Waals surface area contributed by atoms with Crippen molar-refractivity contribution in [3.63, 3.8) is 0 Å². The van der Waals surface area contributed by atoms with Crippen LogP contribution in [0.3, 0.4) is 0 Å². The van der Waals surface area contributed by atoms with Crippen molar-refractivity contribution in [1.29, 1.82) is 0 Å². The number of rotatable bonds is 4. The highest BCUT2D eigenvalue weighted by Gasteiger charge is 2.24. The number of hydrogen-bond acceptors (Lipinski definition) is 2. The van der Waals surface area contributed by atoms with Crippen LogP contribution in [0.2, 0.25) is 6.32 Å². The molecule has 1 aromatic rings. The van der Waals surface area contributed by atoms with E-state index in [1.54, 1.807) is 18.6 Å². The maximum absolute atomic E-state index is 11.9. The molecule has 1 nitrogen and oxygen atoms in total. The minimum atomic E-state index is 0.112. The molecular formula is C14H22BOS. The van der Waals surface area contributed by atoms with Crippen molar-refractivity contribution < 1.29 is 4.79 Å². The first-order valence-electron chi connectivity index (χ1n) is 6.29. The molecule has 0 N–H and O–H groups in total. The van der Waals surface area contributed by atoms with Gasteiger partial charge in [-0.3, -0.25) is 0 Å². The van der Waals surface area contributed by atoms with E-state index in [9.17, 15) is 4.79 Å². The van der Waals surface area contributed by atoms with E-state index in [2.05, 4.69) is 40.7 Å². The lowest BCUT2D eigenvalue weighted by molar-refractivity contribution is 0.108. The highest BCUT2D eigenvalue weighted by molar-refractivity contribution is 7.16. The summed E-state index contributed by atoms with van der Waals surface area (Å²) in [7, 11) is 1.77. The molecule has 0 aliphatic carbocycles. The van der Waals surface area contributed by atoms with Crippen molar-refractivity contribution in [2.24, 2.45) is 0 Å². The fourth-order valence-electron chi connectivity index (χ4n) is 1.83. The van der Waals surface area contributed by atoms with Gasteiger partial charge in [-0.2, -0.15) is 0 Å². The highest BCUT2D eigenvalue weighted by atomic mass is 32.1. The molecule has 93 valence electrons. The van der Waals surface area contributed by atoms with Crippen LogP contribution in [-0.4, -0.2) is 13.0 Å². The summed E-state index contributed by atoms with van der Waals surface area (Å²) in [6.45, 7) is 13.0. The third kappa shape index (κ3) is 3.45. The largest absolute Gasteiger partial charge is 0.306 e. The molecule has 0 atom stereocenters. The van der Waals surface area contributed by atoms with Gasteiger partial charge in [0.1, 0.15) is 5.68 Å². The molecule has 0 aromatic carbocycles. The molecule has 1 rings (SSSR count). The quantitative estimate of drug-likeness (QED) is 0.720. The second-order valence-corrected chi connectivity index (χ2v) is 6.85. The predicted molar refractivity (Wildman–Crippen MR) is 77.7 cm³/mol. The third-order valence-electron chi connectivity index (χ3n) is 2.73. The van der Waals surface area contributed by atoms with Crippen molar-refractivity contribution in [2.75, 3.05) is 0 Å². The van der Waals surface area contributed by atoms with Crippen LogP contribution in [0.15, 0.2) is 6.07 Å². The van der Waals surface area contributed by atoms with E-state index in [1.807, 2.05) is 6.92 Å². The lowest BCUT2D eigenvalue weighted by atomic mass is 9.70. The summed E-state index contributed by atoms with van der Waals surface area (Å²) in [5.74, 6) is 0.484. The Morgan fingerprint density at radius 3 is 2.35 bits per heavy atom. The summed E-state index contributed by atoms with van der Waals surface area (Å²) < 4.78 is 0. The number of hydrogen-bond donors (Lipinski definition) is 0. The van der Waals surface area contributed by atoms with Crippen LogP contribution in [0, 0.1) is 0 Å². The van der Waals surface area contributed by atoms with Crippen LogP contribution in [0.5, 0.6) is 0 Å². The SMILES string of the molecule is CC[B]C(=O)c1cc(C(C)(C)C)c(C(C)C)s1. The second kappa shape index (κ2) is 5.39. The van der Waals surface area contributed by atoms with Crippen LogP contribution in [0.25, 0.3) is 0 Å². The zero-order valence-corrected chi connectivity index (χ0v) is 12.6. The molecule has 0 aliphatic rings. The molecule has 0 saturated heterocycles.